The monoisotopic (exact) mass is 305 g/mol. The molecule has 0 radical (unpaired) electrons. The highest BCUT2D eigenvalue weighted by molar-refractivity contribution is 9.10. The van der Waals surface area contributed by atoms with E-state index in [-0.39, 0.29) is 12.3 Å². The summed E-state index contributed by atoms with van der Waals surface area (Å²) in [5.74, 6) is -0.774. The topological polar surface area (TPSA) is 49.8 Å². The van der Waals surface area contributed by atoms with Crippen molar-refractivity contribution in [2.45, 2.75) is 12.5 Å². The van der Waals surface area contributed by atoms with E-state index in [9.17, 15) is 14.3 Å². The number of hydrogen-bond donors (Lipinski definition) is 1. The molecule has 1 aromatic carbocycles. The first-order chi connectivity index (χ1) is 7.95. The molecule has 0 aromatic heterocycles. The lowest BCUT2D eigenvalue weighted by Gasteiger charge is -2.17. The van der Waals surface area contributed by atoms with Crippen molar-refractivity contribution in [2.75, 3.05) is 14.2 Å². The van der Waals surface area contributed by atoms with Gasteiger partial charge in [-0.1, -0.05) is 22.0 Å². The van der Waals surface area contributed by atoms with Crippen molar-refractivity contribution in [1.82, 2.24) is 5.06 Å². The number of carbonyl (C=O) groups excluding carboxylic acids is 1. The van der Waals surface area contributed by atoms with Gasteiger partial charge in [-0.3, -0.25) is 9.63 Å². The molecule has 0 bridgehead atoms. The van der Waals surface area contributed by atoms with Crippen molar-refractivity contribution in [2.24, 2.45) is 0 Å². The minimum atomic E-state index is -1.00. The normalized spacial score (nSPS) is 12.3. The Morgan fingerprint density at radius 3 is 2.82 bits per heavy atom. The maximum absolute atomic E-state index is 12.8. The molecule has 0 aliphatic rings. The fourth-order valence-electron chi connectivity index (χ4n) is 1.28. The fourth-order valence-corrected chi connectivity index (χ4v) is 1.89. The first-order valence-electron chi connectivity index (χ1n) is 4.89. The Kier molecular flexibility index (Phi) is 5.04. The van der Waals surface area contributed by atoms with E-state index in [0.29, 0.717) is 10.0 Å². The van der Waals surface area contributed by atoms with Gasteiger partial charge in [-0.2, -0.15) is 0 Å². The van der Waals surface area contributed by atoms with Gasteiger partial charge in [0.1, 0.15) is 5.82 Å². The van der Waals surface area contributed by atoms with Gasteiger partial charge in [0.25, 0.3) is 0 Å². The lowest BCUT2D eigenvalue weighted by molar-refractivity contribution is -0.170. The van der Waals surface area contributed by atoms with Crippen LogP contribution in [0.3, 0.4) is 0 Å². The van der Waals surface area contributed by atoms with Crippen molar-refractivity contribution in [3.05, 3.63) is 34.1 Å². The first kappa shape index (κ1) is 14.1. The molecule has 1 aromatic rings. The second-order valence-electron chi connectivity index (χ2n) is 3.46. The van der Waals surface area contributed by atoms with E-state index in [4.69, 9.17) is 4.84 Å². The van der Waals surface area contributed by atoms with Crippen molar-refractivity contribution in [3.8, 4) is 0 Å². The molecule has 1 rings (SSSR count). The van der Waals surface area contributed by atoms with Crippen LogP contribution in [0, 0.1) is 5.82 Å². The summed E-state index contributed by atoms with van der Waals surface area (Å²) in [6.07, 6.45) is -1.13. The summed E-state index contributed by atoms with van der Waals surface area (Å²) in [4.78, 5) is 16.2. The zero-order valence-electron chi connectivity index (χ0n) is 9.48. The average molecular weight is 306 g/mol. The van der Waals surface area contributed by atoms with Crippen LogP contribution in [0.2, 0.25) is 0 Å². The Morgan fingerprint density at radius 2 is 2.29 bits per heavy atom. The largest absolute Gasteiger partial charge is 0.388 e. The van der Waals surface area contributed by atoms with Gasteiger partial charge in [-0.25, -0.2) is 9.45 Å². The third kappa shape index (κ3) is 3.76. The van der Waals surface area contributed by atoms with Gasteiger partial charge in [0.2, 0.25) is 5.91 Å². The van der Waals surface area contributed by atoms with Gasteiger partial charge in [-0.05, 0) is 17.7 Å². The summed E-state index contributed by atoms with van der Waals surface area (Å²) in [7, 11) is 2.81. The van der Waals surface area contributed by atoms with Crippen molar-refractivity contribution in [1.29, 1.82) is 0 Å². The molecule has 1 amide bonds. The zero-order chi connectivity index (χ0) is 13.0. The third-order valence-corrected chi connectivity index (χ3v) is 3.00. The number of aliphatic hydroxyl groups excluding tert-OH is 1. The summed E-state index contributed by atoms with van der Waals surface area (Å²) in [6, 6.07) is 3.90. The molecule has 1 atom stereocenters. The number of hydroxylamine groups is 2. The summed E-state index contributed by atoms with van der Waals surface area (Å²) < 4.78 is 13.3. The number of rotatable bonds is 4. The lowest BCUT2D eigenvalue weighted by atomic mass is 10.1. The number of amides is 1. The van der Waals surface area contributed by atoms with Crippen molar-refractivity contribution in [3.63, 3.8) is 0 Å². The minimum Gasteiger partial charge on any atom is -0.388 e. The smallest absolute Gasteiger partial charge is 0.248 e. The maximum atomic E-state index is 12.8. The van der Waals surface area contributed by atoms with Crippen LogP contribution >= 0.6 is 15.9 Å². The number of hydrogen-bond acceptors (Lipinski definition) is 3. The number of benzene rings is 1. The van der Waals surface area contributed by atoms with Crippen LogP contribution in [0.15, 0.2) is 22.7 Å². The molecule has 0 saturated carbocycles. The predicted molar refractivity (Wildman–Crippen MR) is 63.5 cm³/mol. The number of carbonyl (C=O) groups is 1. The average Bonchev–Trinajstić information content (AvgIpc) is 2.27. The molecule has 94 valence electrons. The molecule has 1 N–H and O–H groups in total. The molecule has 17 heavy (non-hydrogen) atoms. The Balaban J connectivity index is 2.76. The second kappa shape index (κ2) is 6.09. The molecule has 0 fully saturated rings. The molecular weight excluding hydrogens is 293 g/mol. The molecule has 0 saturated heterocycles. The Morgan fingerprint density at radius 1 is 1.65 bits per heavy atom. The standard InChI is InChI=1S/C11H13BrFNO3/c1-14(17-2)11(16)6-10(15)8-4-3-7(13)5-9(8)12/h3-5,10,15H,6H2,1-2H3. The molecule has 0 aliphatic heterocycles. The molecule has 0 spiro atoms. The summed E-state index contributed by atoms with van der Waals surface area (Å²) in [6.45, 7) is 0. The van der Waals surface area contributed by atoms with E-state index >= 15 is 0 Å². The van der Waals surface area contributed by atoms with E-state index in [0.717, 1.165) is 5.06 Å². The van der Waals surface area contributed by atoms with E-state index in [1.807, 2.05) is 0 Å². The van der Waals surface area contributed by atoms with Crippen LogP contribution in [0.25, 0.3) is 0 Å². The molecular formula is C11H13BrFNO3. The highest BCUT2D eigenvalue weighted by atomic mass is 79.9. The van der Waals surface area contributed by atoms with Gasteiger partial charge in [-0.15, -0.1) is 0 Å². The SMILES string of the molecule is CON(C)C(=O)CC(O)c1ccc(F)cc1Br. The third-order valence-electron chi connectivity index (χ3n) is 2.31. The second-order valence-corrected chi connectivity index (χ2v) is 4.31. The minimum absolute atomic E-state index is 0.130. The quantitative estimate of drug-likeness (QED) is 0.866. The van der Waals surface area contributed by atoms with E-state index in [1.165, 1.54) is 32.4 Å². The number of nitrogens with zero attached hydrogens (tertiary/aromatic N) is 1. The summed E-state index contributed by atoms with van der Waals surface area (Å²) in [5, 5.41) is 10.9. The van der Waals surface area contributed by atoms with Gasteiger partial charge < -0.3 is 5.11 Å². The summed E-state index contributed by atoms with van der Waals surface area (Å²) in [5.41, 5.74) is 0.462. The van der Waals surface area contributed by atoms with Crippen LogP contribution in [-0.4, -0.2) is 30.2 Å². The number of aliphatic hydroxyl groups is 1. The highest BCUT2D eigenvalue weighted by Gasteiger charge is 2.18. The van der Waals surface area contributed by atoms with Crippen LogP contribution < -0.4 is 0 Å². The van der Waals surface area contributed by atoms with Crippen LogP contribution in [-0.2, 0) is 9.63 Å². The fraction of sp³-hybridized carbons (Fsp3) is 0.364. The predicted octanol–water partition coefficient (Wildman–Crippen LogP) is 2.03. The van der Waals surface area contributed by atoms with Gasteiger partial charge in [0.05, 0.1) is 19.6 Å². The van der Waals surface area contributed by atoms with Crippen LogP contribution in [0.4, 0.5) is 4.39 Å². The highest BCUT2D eigenvalue weighted by Crippen LogP contribution is 2.26. The Bertz CT molecular complexity index is 414. The molecule has 1 unspecified atom stereocenters. The van der Waals surface area contributed by atoms with E-state index in [2.05, 4.69) is 15.9 Å². The Labute approximate surface area is 107 Å². The zero-order valence-corrected chi connectivity index (χ0v) is 11.1. The molecule has 0 heterocycles. The van der Waals surface area contributed by atoms with Gasteiger partial charge in [0, 0.05) is 11.5 Å². The first-order valence-corrected chi connectivity index (χ1v) is 5.68. The van der Waals surface area contributed by atoms with E-state index < -0.39 is 11.9 Å². The molecule has 0 aliphatic carbocycles. The number of halogens is 2. The van der Waals surface area contributed by atoms with Gasteiger partial charge in [0.15, 0.2) is 0 Å². The maximum Gasteiger partial charge on any atom is 0.248 e. The van der Waals surface area contributed by atoms with Crippen LogP contribution in [0.5, 0.6) is 0 Å². The molecule has 4 nitrogen and oxygen atoms in total. The van der Waals surface area contributed by atoms with Crippen molar-refractivity contribution < 1.29 is 19.1 Å². The van der Waals surface area contributed by atoms with Crippen molar-refractivity contribution >= 4 is 21.8 Å². The van der Waals surface area contributed by atoms with Gasteiger partial charge >= 0.3 is 0 Å². The molecule has 6 heteroatoms. The lowest BCUT2D eigenvalue weighted by Crippen LogP contribution is -2.26. The van der Waals surface area contributed by atoms with E-state index in [1.54, 1.807) is 0 Å². The Hall–Kier alpha value is -0.980. The summed E-state index contributed by atoms with van der Waals surface area (Å²) >= 11 is 3.14. The van der Waals surface area contributed by atoms with Crippen LogP contribution in [0.1, 0.15) is 18.1 Å².